The van der Waals surface area contributed by atoms with Crippen LogP contribution >= 0.6 is 11.3 Å². The van der Waals surface area contributed by atoms with Crippen LogP contribution in [0.3, 0.4) is 0 Å². The molecule has 0 aliphatic heterocycles. The summed E-state index contributed by atoms with van der Waals surface area (Å²) >= 11 is 1.65. The predicted octanol–water partition coefficient (Wildman–Crippen LogP) is 2.74. The number of hydrogen-bond donors (Lipinski definition) is 1. The van der Waals surface area contributed by atoms with Gasteiger partial charge in [0.25, 0.3) is 0 Å². The minimum absolute atomic E-state index is 0.547. The lowest BCUT2D eigenvalue weighted by molar-refractivity contribution is 0.690. The van der Waals surface area contributed by atoms with Crippen LogP contribution in [0.2, 0.25) is 0 Å². The molecule has 0 fully saturated rings. The second kappa shape index (κ2) is 4.34. The van der Waals surface area contributed by atoms with E-state index in [-0.39, 0.29) is 0 Å². The van der Waals surface area contributed by atoms with Crippen molar-refractivity contribution in [2.45, 2.75) is 32.7 Å². The predicted molar refractivity (Wildman–Crippen MR) is 50.1 cm³/mol. The molecule has 11 heavy (non-hydrogen) atoms. The summed E-state index contributed by atoms with van der Waals surface area (Å²) in [6.45, 7) is 4.38. The molecule has 0 saturated carbocycles. The highest BCUT2D eigenvalue weighted by Gasteiger charge is 2.00. The Morgan fingerprint density at radius 3 is 3.09 bits per heavy atom. The molecule has 0 aliphatic carbocycles. The summed E-state index contributed by atoms with van der Waals surface area (Å²) < 4.78 is 0. The topological polar surface area (TPSA) is 24.9 Å². The molecular weight excluding hydrogens is 156 g/mol. The van der Waals surface area contributed by atoms with E-state index in [1.54, 1.807) is 11.3 Å². The molecule has 1 rings (SSSR count). The van der Waals surface area contributed by atoms with E-state index >= 15 is 0 Å². The molecule has 1 aromatic heterocycles. The van der Waals surface area contributed by atoms with Crippen molar-refractivity contribution < 1.29 is 0 Å². The van der Waals surface area contributed by atoms with Crippen LogP contribution in [0.4, 0.5) is 5.13 Å². The minimum Gasteiger partial charge on any atom is -0.359 e. The van der Waals surface area contributed by atoms with Gasteiger partial charge < -0.3 is 5.32 Å². The summed E-state index contributed by atoms with van der Waals surface area (Å²) in [6, 6.07) is 0.547. The number of nitrogens with one attached hydrogen (secondary N) is 1. The van der Waals surface area contributed by atoms with Gasteiger partial charge in [-0.15, -0.1) is 11.3 Å². The van der Waals surface area contributed by atoms with Crippen molar-refractivity contribution >= 4 is 16.5 Å². The number of thiazole rings is 1. The van der Waals surface area contributed by atoms with Gasteiger partial charge in [-0.1, -0.05) is 13.3 Å². The number of hydrogen-bond acceptors (Lipinski definition) is 3. The van der Waals surface area contributed by atoms with E-state index in [1.807, 2.05) is 11.6 Å². The van der Waals surface area contributed by atoms with Gasteiger partial charge in [-0.05, 0) is 13.3 Å². The maximum atomic E-state index is 4.15. The van der Waals surface area contributed by atoms with Crippen molar-refractivity contribution in [3.63, 3.8) is 0 Å². The second-order valence-corrected chi connectivity index (χ2v) is 3.57. The van der Waals surface area contributed by atoms with Crippen LogP contribution in [-0.4, -0.2) is 11.0 Å². The number of aromatic nitrogens is 1. The first-order valence-electron chi connectivity index (χ1n) is 3.99. The van der Waals surface area contributed by atoms with Gasteiger partial charge in [0.1, 0.15) is 0 Å². The molecular formula is C8H14N2S. The molecule has 0 radical (unpaired) electrons. The van der Waals surface area contributed by atoms with Crippen LogP contribution in [0, 0.1) is 0 Å². The molecule has 1 N–H and O–H groups in total. The highest BCUT2D eigenvalue weighted by atomic mass is 32.1. The Labute approximate surface area is 71.7 Å². The lowest BCUT2D eigenvalue weighted by Crippen LogP contribution is -2.13. The van der Waals surface area contributed by atoms with Gasteiger partial charge in [0.15, 0.2) is 5.13 Å². The zero-order chi connectivity index (χ0) is 8.10. The van der Waals surface area contributed by atoms with Crippen LogP contribution in [0.1, 0.15) is 26.7 Å². The zero-order valence-corrected chi connectivity index (χ0v) is 7.82. The van der Waals surface area contributed by atoms with Gasteiger partial charge in [0.05, 0.1) is 0 Å². The average molecular weight is 170 g/mol. The minimum atomic E-state index is 0.547. The van der Waals surface area contributed by atoms with Crippen molar-refractivity contribution in [3.05, 3.63) is 11.6 Å². The van der Waals surface area contributed by atoms with E-state index < -0.39 is 0 Å². The van der Waals surface area contributed by atoms with Crippen LogP contribution in [0.5, 0.6) is 0 Å². The van der Waals surface area contributed by atoms with E-state index in [4.69, 9.17) is 0 Å². The molecule has 62 valence electrons. The monoisotopic (exact) mass is 170 g/mol. The Balaban J connectivity index is 2.31. The van der Waals surface area contributed by atoms with Crippen LogP contribution in [-0.2, 0) is 0 Å². The fourth-order valence-corrected chi connectivity index (χ4v) is 1.65. The molecule has 1 atom stereocenters. The quantitative estimate of drug-likeness (QED) is 0.751. The molecule has 0 bridgehead atoms. The fourth-order valence-electron chi connectivity index (χ4n) is 1.01. The molecule has 1 heterocycles. The summed E-state index contributed by atoms with van der Waals surface area (Å²) in [5.74, 6) is 0. The highest BCUT2D eigenvalue weighted by Crippen LogP contribution is 2.12. The van der Waals surface area contributed by atoms with E-state index in [0.717, 1.165) is 5.13 Å². The fraction of sp³-hybridized carbons (Fsp3) is 0.625. The van der Waals surface area contributed by atoms with Gasteiger partial charge in [0.2, 0.25) is 0 Å². The van der Waals surface area contributed by atoms with E-state index in [9.17, 15) is 0 Å². The van der Waals surface area contributed by atoms with Crippen LogP contribution in [0.25, 0.3) is 0 Å². The summed E-state index contributed by atoms with van der Waals surface area (Å²) in [6.07, 6.45) is 4.25. The van der Waals surface area contributed by atoms with E-state index in [2.05, 4.69) is 24.1 Å². The third kappa shape index (κ3) is 2.89. The van der Waals surface area contributed by atoms with Gasteiger partial charge in [-0.25, -0.2) is 4.98 Å². The lowest BCUT2D eigenvalue weighted by Gasteiger charge is -2.10. The van der Waals surface area contributed by atoms with E-state index in [1.165, 1.54) is 12.8 Å². The second-order valence-electron chi connectivity index (χ2n) is 2.67. The van der Waals surface area contributed by atoms with Gasteiger partial charge in [-0.3, -0.25) is 0 Å². The van der Waals surface area contributed by atoms with Gasteiger partial charge in [-0.2, -0.15) is 0 Å². The molecule has 0 aromatic carbocycles. The number of rotatable bonds is 4. The Hall–Kier alpha value is -0.570. The largest absolute Gasteiger partial charge is 0.359 e. The van der Waals surface area contributed by atoms with Crippen molar-refractivity contribution in [2.24, 2.45) is 0 Å². The van der Waals surface area contributed by atoms with Gasteiger partial charge in [0, 0.05) is 17.6 Å². The highest BCUT2D eigenvalue weighted by molar-refractivity contribution is 7.13. The number of nitrogens with zero attached hydrogens (tertiary/aromatic N) is 1. The lowest BCUT2D eigenvalue weighted by atomic mass is 10.2. The summed E-state index contributed by atoms with van der Waals surface area (Å²) in [7, 11) is 0. The average Bonchev–Trinajstić information content (AvgIpc) is 2.40. The molecule has 0 spiro atoms. The Morgan fingerprint density at radius 1 is 1.73 bits per heavy atom. The molecule has 0 saturated heterocycles. The summed E-state index contributed by atoms with van der Waals surface area (Å²) in [5, 5.41) is 6.35. The summed E-state index contributed by atoms with van der Waals surface area (Å²) in [4.78, 5) is 4.15. The van der Waals surface area contributed by atoms with E-state index in [0.29, 0.717) is 6.04 Å². The first kappa shape index (κ1) is 8.53. The number of anilines is 1. The maximum absolute atomic E-state index is 4.15. The molecule has 2 nitrogen and oxygen atoms in total. The standard InChI is InChI=1S/C8H14N2S/c1-3-4-7(2)10-8-9-5-6-11-8/h5-7H,3-4H2,1-2H3,(H,9,10). The van der Waals surface area contributed by atoms with Crippen molar-refractivity contribution in [1.82, 2.24) is 4.98 Å². The third-order valence-corrected chi connectivity index (χ3v) is 2.23. The van der Waals surface area contributed by atoms with Crippen molar-refractivity contribution in [1.29, 1.82) is 0 Å². The molecule has 1 aromatic rings. The zero-order valence-electron chi connectivity index (χ0n) is 7.00. The third-order valence-electron chi connectivity index (χ3n) is 1.52. The molecule has 1 unspecified atom stereocenters. The van der Waals surface area contributed by atoms with Crippen molar-refractivity contribution in [2.75, 3.05) is 5.32 Å². The van der Waals surface area contributed by atoms with Crippen LogP contribution in [0.15, 0.2) is 11.6 Å². The Morgan fingerprint density at radius 2 is 2.55 bits per heavy atom. The van der Waals surface area contributed by atoms with Crippen LogP contribution < -0.4 is 5.32 Å². The Kier molecular flexibility index (Phi) is 3.36. The normalized spacial score (nSPS) is 12.9. The first-order chi connectivity index (χ1) is 5.33. The van der Waals surface area contributed by atoms with Crippen molar-refractivity contribution in [3.8, 4) is 0 Å². The summed E-state index contributed by atoms with van der Waals surface area (Å²) in [5.41, 5.74) is 0. The molecule has 0 aliphatic rings. The smallest absolute Gasteiger partial charge is 0.182 e. The maximum Gasteiger partial charge on any atom is 0.182 e. The Bertz CT molecular complexity index is 184. The van der Waals surface area contributed by atoms with Gasteiger partial charge >= 0.3 is 0 Å². The molecule has 3 heteroatoms. The first-order valence-corrected chi connectivity index (χ1v) is 4.87. The SMILES string of the molecule is CCCC(C)Nc1nccs1. The molecule has 0 amide bonds.